The Hall–Kier alpha value is -0.800. The molecule has 0 amide bonds. The van der Waals surface area contributed by atoms with Crippen LogP contribution in [0.15, 0.2) is 23.1 Å². The zero-order chi connectivity index (χ0) is 16.2. The van der Waals surface area contributed by atoms with Gasteiger partial charge in [0, 0.05) is 19.7 Å². The minimum absolute atomic E-state index is 0. The van der Waals surface area contributed by atoms with Crippen molar-refractivity contribution in [2.45, 2.75) is 30.3 Å². The number of piperidine rings is 1. The highest BCUT2D eigenvalue weighted by Gasteiger charge is 2.33. The fourth-order valence-corrected chi connectivity index (χ4v) is 4.01. The second kappa shape index (κ2) is 8.89. The topological polar surface area (TPSA) is 72.6 Å². The largest absolute Gasteiger partial charge is 0.378 e. The Morgan fingerprint density at radius 3 is 2.30 bits per heavy atom. The van der Waals surface area contributed by atoms with E-state index in [9.17, 15) is 17.2 Å². The van der Waals surface area contributed by atoms with Crippen LogP contribution in [-0.4, -0.2) is 45.1 Å². The second-order valence-electron chi connectivity index (χ2n) is 5.17. The predicted octanol–water partition coefficient (Wildman–Crippen LogP) is 1.91. The third-order valence-corrected chi connectivity index (χ3v) is 5.57. The zero-order valence-corrected chi connectivity index (χ0v) is 14.2. The van der Waals surface area contributed by atoms with Crippen LogP contribution in [0.3, 0.4) is 0 Å². The molecule has 132 valence electrons. The van der Waals surface area contributed by atoms with Crippen molar-refractivity contribution in [1.82, 2.24) is 4.31 Å². The maximum Gasteiger partial charge on any atom is 0.248 e. The molecule has 0 aromatic heterocycles. The van der Waals surface area contributed by atoms with Gasteiger partial charge < -0.3 is 10.5 Å². The summed E-state index contributed by atoms with van der Waals surface area (Å²) in [6.07, 6.45) is 1.71. The van der Waals surface area contributed by atoms with Crippen molar-refractivity contribution in [2.24, 2.45) is 5.73 Å². The number of halogens is 3. The summed E-state index contributed by atoms with van der Waals surface area (Å²) in [5, 5.41) is 0. The molecule has 1 saturated heterocycles. The highest BCUT2D eigenvalue weighted by molar-refractivity contribution is 7.89. The molecule has 1 heterocycles. The molecule has 23 heavy (non-hydrogen) atoms. The smallest absolute Gasteiger partial charge is 0.248 e. The van der Waals surface area contributed by atoms with E-state index in [2.05, 4.69) is 0 Å². The first-order valence-electron chi connectivity index (χ1n) is 7.22. The van der Waals surface area contributed by atoms with Crippen LogP contribution >= 0.6 is 12.4 Å². The van der Waals surface area contributed by atoms with E-state index < -0.39 is 26.6 Å². The van der Waals surface area contributed by atoms with Gasteiger partial charge in [0.15, 0.2) is 4.90 Å². The standard InChI is InChI=1S/C14H20F2N2O3S.ClH/c15-12-3-1-4-13(16)14(12)22(19,20)18-8-5-11(6-9-18)21-10-2-7-17;/h1,3-4,11H,2,5-10,17H2;1H. The van der Waals surface area contributed by atoms with E-state index in [1.54, 1.807) is 0 Å². The first-order chi connectivity index (χ1) is 10.5. The lowest BCUT2D eigenvalue weighted by molar-refractivity contribution is 0.0208. The van der Waals surface area contributed by atoms with Crippen LogP contribution in [0.25, 0.3) is 0 Å². The molecular formula is C14H21ClF2N2O3S. The number of hydrogen-bond acceptors (Lipinski definition) is 4. The summed E-state index contributed by atoms with van der Waals surface area (Å²) in [7, 11) is -4.16. The summed E-state index contributed by atoms with van der Waals surface area (Å²) in [5.74, 6) is -2.14. The molecule has 0 saturated carbocycles. The van der Waals surface area contributed by atoms with Gasteiger partial charge in [-0.3, -0.25) is 0 Å². The maximum atomic E-state index is 13.7. The predicted molar refractivity (Wildman–Crippen MR) is 85.0 cm³/mol. The quantitative estimate of drug-likeness (QED) is 0.776. The van der Waals surface area contributed by atoms with Gasteiger partial charge in [0.2, 0.25) is 10.0 Å². The van der Waals surface area contributed by atoms with Crippen molar-refractivity contribution in [1.29, 1.82) is 0 Å². The fraction of sp³-hybridized carbons (Fsp3) is 0.571. The van der Waals surface area contributed by atoms with Gasteiger partial charge in [0.1, 0.15) is 11.6 Å². The second-order valence-corrected chi connectivity index (χ2v) is 7.04. The Bertz CT molecular complexity index is 588. The van der Waals surface area contributed by atoms with Crippen LogP contribution in [0.4, 0.5) is 8.78 Å². The minimum atomic E-state index is -4.16. The molecule has 0 unspecified atom stereocenters. The summed E-state index contributed by atoms with van der Waals surface area (Å²) in [5.41, 5.74) is 5.38. The van der Waals surface area contributed by atoms with Crippen molar-refractivity contribution >= 4 is 22.4 Å². The lowest BCUT2D eigenvalue weighted by atomic mass is 10.1. The minimum Gasteiger partial charge on any atom is -0.378 e. The number of nitrogens with zero attached hydrogens (tertiary/aromatic N) is 1. The number of sulfonamides is 1. The first kappa shape index (κ1) is 20.2. The van der Waals surface area contributed by atoms with Crippen LogP contribution < -0.4 is 5.73 Å². The van der Waals surface area contributed by atoms with E-state index in [0.717, 1.165) is 28.9 Å². The molecule has 0 bridgehead atoms. The van der Waals surface area contributed by atoms with Crippen molar-refractivity contribution in [2.75, 3.05) is 26.2 Å². The van der Waals surface area contributed by atoms with E-state index in [1.807, 2.05) is 0 Å². The Kier molecular flexibility index (Phi) is 7.82. The van der Waals surface area contributed by atoms with Gasteiger partial charge in [-0.25, -0.2) is 17.2 Å². The van der Waals surface area contributed by atoms with Crippen molar-refractivity contribution in [3.63, 3.8) is 0 Å². The third-order valence-electron chi connectivity index (χ3n) is 3.62. The van der Waals surface area contributed by atoms with Gasteiger partial charge in [0.05, 0.1) is 6.10 Å². The van der Waals surface area contributed by atoms with Gasteiger partial charge in [-0.05, 0) is 37.9 Å². The zero-order valence-electron chi connectivity index (χ0n) is 12.6. The molecule has 0 aliphatic carbocycles. The SMILES string of the molecule is Cl.NCCCOC1CCN(S(=O)(=O)c2c(F)cccc2F)CC1. The van der Waals surface area contributed by atoms with Crippen LogP contribution in [0.1, 0.15) is 19.3 Å². The fourth-order valence-electron chi connectivity index (χ4n) is 2.43. The number of hydrogen-bond donors (Lipinski definition) is 1. The van der Waals surface area contributed by atoms with E-state index >= 15 is 0 Å². The van der Waals surface area contributed by atoms with Crippen molar-refractivity contribution in [3.05, 3.63) is 29.8 Å². The van der Waals surface area contributed by atoms with E-state index in [4.69, 9.17) is 10.5 Å². The van der Waals surface area contributed by atoms with E-state index in [-0.39, 0.29) is 31.6 Å². The molecule has 2 rings (SSSR count). The van der Waals surface area contributed by atoms with Crippen LogP contribution in [0.5, 0.6) is 0 Å². The van der Waals surface area contributed by atoms with Crippen LogP contribution in [-0.2, 0) is 14.8 Å². The van der Waals surface area contributed by atoms with Gasteiger partial charge in [-0.2, -0.15) is 4.31 Å². The molecule has 9 heteroatoms. The van der Waals surface area contributed by atoms with Crippen molar-refractivity contribution in [3.8, 4) is 0 Å². The molecule has 0 radical (unpaired) electrons. The Morgan fingerprint density at radius 1 is 1.22 bits per heavy atom. The number of ether oxygens (including phenoxy) is 1. The molecule has 1 aromatic rings. The molecular weight excluding hydrogens is 350 g/mol. The third kappa shape index (κ3) is 4.84. The molecule has 0 spiro atoms. The van der Waals surface area contributed by atoms with E-state index in [1.165, 1.54) is 0 Å². The molecule has 5 nitrogen and oxygen atoms in total. The molecule has 1 aromatic carbocycles. The van der Waals surface area contributed by atoms with E-state index in [0.29, 0.717) is 26.0 Å². The maximum absolute atomic E-state index is 13.7. The molecule has 0 atom stereocenters. The molecule has 2 N–H and O–H groups in total. The van der Waals surface area contributed by atoms with Crippen LogP contribution in [0.2, 0.25) is 0 Å². The van der Waals surface area contributed by atoms with Gasteiger partial charge in [-0.15, -0.1) is 12.4 Å². The first-order valence-corrected chi connectivity index (χ1v) is 8.66. The Labute approximate surface area is 141 Å². The van der Waals surface area contributed by atoms with Gasteiger partial charge in [0.25, 0.3) is 0 Å². The Morgan fingerprint density at radius 2 is 1.78 bits per heavy atom. The average Bonchev–Trinajstić information content (AvgIpc) is 2.47. The van der Waals surface area contributed by atoms with Crippen LogP contribution in [0, 0.1) is 11.6 Å². The summed E-state index contributed by atoms with van der Waals surface area (Å²) in [6.45, 7) is 1.45. The highest BCUT2D eigenvalue weighted by Crippen LogP contribution is 2.26. The monoisotopic (exact) mass is 370 g/mol. The Balaban J connectivity index is 0.00000264. The summed E-state index contributed by atoms with van der Waals surface area (Å²) < 4.78 is 58.9. The number of nitrogens with two attached hydrogens (primary N) is 1. The van der Waals surface area contributed by atoms with Crippen molar-refractivity contribution < 1.29 is 21.9 Å². The highest BCUT2D eigenvalue weighted by atomic mass is 35.5. The summed E-state index contributed by atoms with van der Waals surface area (Å²) >= 11 is 0. The molecule has 1 aliphatic heterocycles. The molecule has 1 aliphatic rings. The normalized spacial score (nSPS) is 17.0. The lowest BCUT2D eigenvalue weighted by Crippen LogP contribution is -2.41. The summed E-state index contributed by atoms with van der Waals surface area (Å²) in [6, 6.07) is 3.03. The average molecular weight is 371 g/mol. The lowest BCUT2D eigenvalue weighted by Gasteiger charge is -2.31. The summed E-state index contributed by atoms with van der Waals surface area (Å²) in [4.78, 5) is -0.877. The van der Waals surface area contributed by atoms with Gasteiger partial charge in [-0.1, -0.05) is 6.07 Å². The number of rotatable bonds is 6. The number of benzene rings is 1. The molecule has 1 fully saturated rings. The van der Waals surface area contributed by atoms with Gasteiger partial charge >= 0.3 is 0 Å².